The van der Waals surface area contributed by atoms with Crippen LogP contribution in [0, 0.1) is 6.92 Å². The van der Waals surface area contributed by atoms with E-state index in [9.17, 15) is 4.79 Å². The predicted octanol–water partition coefficient (Wildman–Crippen LogP) is 2.18. The minimum absolute atomic E-state index is 0.210. The van der Waals surface area contributed by atoms with Crippen molar-refractivity contribution in [2.45, 2.75) is 13.5 Å². The van der Waals surface area contributed by atoms with E-state index in [1.807, 2.05) is 62.3 Å². The molecule has 1 amide bonds. The molecule has 0 atom stereocenters. The number of amides is 1. The first-order valence-electron chi connectivity index (χ1n) is 8.33. The highest BCUT2D eigenvalue weighted by Gasteiger charge is 2.15. The fraction of sp³-hybridized carbons (Fsp3) is 0.263. The van der Waals surface area contributed by atoms with Gasteiger partial charge in [0, 0.05) is 38.5 Å². The molecule has 0 bridgehead atoms. The Bertz CT molecular complexity index is 917. The van der Waals surface area contributed by atoms with Gasteiger partial charge in [-0.05, 0) is 13.0 Å². The zero-order valence-electron chi connectivity index (χ0n) is 15.4. The Morgan fingerprint density at radius 2 is 1.88 bits per heavy atom. The highest BCUT2D eigenvalue weighted by Crippen LogP contribution is 2.18. The summed E-state index contributed by atoms with van der Waals surface area (Å²) in [6.07, 6.45) is 0. The summed E-state index contributed by atoms with van der Waals surface area (Å²) in [6, 6.07) is 13.5. The monoisotopic (exact) mass is 350 g/mol. The van der Waals surface area contributed by atoms with Crippen LogP contribution in [0.15, 0.2) is 42.5 Å². The predicted molar refractivity (Wildman–Crippen MR) is 101 cm³/mol. The molecule has 7 nitrogen and oxygen atoms in total. The van der Waals surface area contributed by atoms with Gasteiger partial charge in [-0.3, -0.25) is 9.48 Å². The molecule has 0 saturated carbocycles. The van der Waals surface area contributed by atoms with Crippen LogP contribution in [0.3, 0.4) is 0 Å². The van der Waals surface area contributed by atoms with Crippen molar-refractivity contribution < 1.29 is 4.79 Å². The van der Waals surface area contributed by atoms with Gasteiger partial charge in [0.15, 0.2) is 0 Å². The van der Waals surface area contributed by atoms with Crippen molar-refractivity contribution in [1.29, 1.82) is 0 Å². The third-order valence-electron chi connectivity index (χ3n) is 3.93. The molecule has 0 radical (unpaired) electrons. The first-order valence-corrected chi connectivity index (χ1v) is 8.33. The maximum Gasteiger partial charge on any atom is 0.269 e. The maximum atomic E-state index is 12.5. The standard InChI is InChI=1S/C19H22N6O/c1-13-10-18(24(2)3)22-17(21-13)12-20-19(26)16-11-15(23-25(16)4)14-8-6-5-7-9-14/h5-11H,12H2,1-4H3,(H,20,26). The molecule has 3 aromatic rings. The number of nitrogens with zero attached hydrogens (tertiary/aromatic N) is 5. The molecule has 0 aliphatic carbocycles. The number of hydrogen-bond acceptors (Lipinski definition) is 5. The smallest absolute Gasteiger partial charge is 0.269 e. The summed E-state index contributed by atoms with van der Waals surface area (Å²) < 4.78 is 1.58. The highest BCUT2D eigenvalue weighted by atomic mass is 16.2. The summed E-state index contributed by atoms with van der Waals surface area (Å²) in [5, 5.41) is 7.30. The van der Waals surface area contributed by atoms with Gasteiger partial charge in [0.05, 0.1) is 12.2 Å². The molecule has 0 aliphatic rings. The van der Waals surface area contributed by atoms with Gasteiger partial charge in [-0.2, -0.15) is 5.10 Å². The molecule has 0 saturated heterocycles. The molecule has 7 heteroatoms. The van der Waals surface area contributed by atoms with Crippen LogP contribution >= 0.6 is 0 Å². The third kappa shape index (κ3) is 3.88. The number of aromatic nitrogens is 4. The lowest BCUT2D eigenvalue weighted by Gasteiger charge is -2.13. The van der Waals surface area contributed by atoms with E-state index < -0.39 is 0 Å². The van der Waals surface area contributed by atoms with E-state index >= 15 is 0 Å². The number of aryl methyl sites for hydroxylation is 2. The summed E-state index contributed by atoms with van der Waals surface area (Å²) in [4.78, 5) is 23.3. The van der Waals surface area contributed by atoms with Crippen molar-refractivity contribution in [3.05, 3.63) is 59.7 Å². The first-order chi connectivity index (χ1) is 12.4. The Kier molecular flexibility index (Phi) is 4.97. The summed E-state index contributed by atoms with van der Waals surface area (Å²) in [6.45, 7) is 2.17. The Labute approximate surface area is 152 Å². The number of benzene rings is 1. The zero-order valence-corrected chi connectivity index (χ0v) is 15.4. The Morgan fingerprint density at radius 1 is 1.15 bits per heavy atom. The lowest BCUT2D eigenvalue weighted by atomic mass is 10.1. The van der Waals surface area contributed by atoms with E-state index in [2.05, 4.69) is 20.4 Å². The van der Waals surface area contributed by atoms with Crippen LogP contribution in [0.5, 0.6) is 0 Å². The van der Waals surface area contributed by atoms with Crippen LogP contribution in [0.4, 0.5) is 5.82 Å². The molecule has 1 N–H and O–H groups in total. The number of carbonyl (C=O) groups is 1. The van der Waals surface area contributed by atoms with Crippen LogP contribution in [0.1, 0.15) is 22.0 Å². The molecular formula is C19H22N6O. The number of nitrogens with one attached hydrogen (secondary N) is 1. The summed E-state index contributed by atoms with van der Waals surface area (Å²) in [5.74, 6) is 1.18. The quantitative estimate of drug-likeness (QED) is 0.763. The van der Waals surface area contributed by atoms with Gasteiger partial charge in [-0.1, -0.05) is 30.3 Å². The van der Waals surface area contributed by atoms with E-state index in [0.29, 0.717) is 11.5 Å². The van der Waals surface area contributed by atoms with Gasteiger partial charge in [-0.15, -0.1) is 0 Å². The van der Waals surface area contributed by atoms with Crippen molar-refractivity contribution in [1.82, 2.24) is 25.1 Å². The summed E-state index contributed by atoms with van der Waals surface area (Å²) in [5.41, 5.74) is 3.09. The molecule has 0 fully saturated rings. The highest BCUT2D eigenvalue weighted by molar-refractivity contribution is 5.93. The van der Waals surface area contributed by atoms with E-state index in [-0.39, 0.29) is 12.5 Å². The van der Waals surface area contributed by atoms with Crippen LogP contribution in [0.25, 0.3) is 11.3 Å². The molecular weight excluding hydrogens is 328 g/mol. The van der Waals surface area contributed by atoms with E-state index in [1.54, 1.807) is 17.8 Å². The van der Waals surface area contributed by atoms with Crippen LogP contribution in [0.2, 0.25) is 0 Å². The topological polar surface area (TPSA) is 75.9 Å². The van der Waals surface area contributed by atoms with E-state index in [4.69, 9.17) is 0 Å². The molecule has 0 unspecified atom stereocenters. The average Bonchev–Trinajstić information content (AvgIpc) is 3.02. The fourth-order valence-corrected chi connectivity index (χ4v) is 2.60. The molecule has 2 heterocycles. The fourth-order valence-electron chi connectivity index (χ4n) is 2.60. The minimum atomic E-state index is -0.210. The van der Waals surface area contributed by atoms with Crippen molar-refractivity contribution in [3.8, 4) is 11.3 Å². The van der Waals surface area contributed by atoms with E-state index in [0.717, 1.165) is 22.8 Å². The van der Waals surface area contributed by atoms with Gasteiger partial charge < -0.3 is 10.2 Å². The summed E-state index contributed by atoms with van der Waals surface area (Å²) >= 11 is 0. The maximum absolute atomic E-state index is 12.5. The first kappa shape index (κ1) is 17.6. The number of rotatable bonds is 5. The SMILES string of the molecule is Cc1cc(N(C)C)nc(CNC(=O)c2cc(-c3ccccc3)nn2C)n1. The lowest BCUT2D eigenvalue weighted by molar-refractivity contribution is 0.0940. The second-order valence-corrected chi connectivity index (χ2v) is 6.27. The van der Waals surface area contributed by atoms with Gasteiger partial charge in [-0.25, -0.2) is 9.97 Å². The molecule has 0 aliphatic heterocycles. The Balaban J connectivity index is 1.74. The number of carbonyl (C=O) groups excluding carboxylic acids is 1. The van der Waals surface area contributed by atoms with Gasteiger partial charge >= 0.3 is 0 Å². The normalized spacial score (nSPS) is 10.6. The zero-order chi connectivity index (χ0) is 18.7. The van der Waals surface area contributed by atoms with Crippen molar-refractivity contribution >= 4 is 11.7 Å². The molecule has 134 valence electrons. The van der Waals surface area contributed by atoms with Crippen LogP contribution < -0.4 is 10.2 Å². The van der Waals surface area contributed by atoms with E-state index in [1.165, 1.54) is 0 Å². The second kappa shape index (κ2) is 7.35. The van der Waals surface area contributed by atoms with Gasteiger partial charge in [0.1, 0.15) is 17.3 Å². The van der Waals surface area contributed by atoms with Crippen LogP contribution in [-0.4, -0.2) is 39.8 Å². The van der Waals surface area contributed by atoms with Crippen molar-refractivity contribution in [3.63, 3.8) is 0 Å². The Hall–Kier alpha value is -3.22. The molecule has 2 aromatic heterocycles. The van der Waals surface area contributed by atoms with Crippen LogP contribution in [-0.2, 0) is 13.6 Å². The van der Waals surface area contributed by atoms with Crippen molar-refractivity contribution in [2.75, 3.05) is 19.0 Å². The average molecular weight is 350 g/mol. The van der Waals surface area contributed by atoms with Crippen molar-refractivity contribution in [2.24, 2.45) is 7.05 Å². The summed E-state index contributed by atoms with van der Waals surface area (Å²) in [7, 11) is 5.60. The third-order valence-corrected chi connectivity index (χ3v) is 3.93. The molecule has 3 rings (SSSR count). The molecule has 26 heavy (non-hydrogen) atoms. The minimum Gasteiger partial charge on any atom is -0.363 e. The van der Waals surface area contributed by atoms with Gasteiger partial charge in [0.25, 0.3) is 5.91 Å². The van der Waals surface area contributed by atoms with Gasteiger partial charge in [0.2, 0.25) is 0 Å². The molecule has 0 spiro atoms. The second-order valence-electron chi connectivity index (χ2n) is 6.27. The molecule has 1 aromatic carbocycles. The lowest BCUT2D eigenvalue weighted by Crippen LogP contribution is -2.26. The number of anilines is 1. The Morgan fingerprint density at radius 3 is 2.58 bits per heavy atom. The largest absolute Gasteiger partial charge is 0.363 e. The number of hydrogen-bond donors (Lipinski definition) is 1.